The maximum atomic E-state index is 12.7. The first-order valence-corrected chi connectivity index (χ1v) is 9.05. The molecule has 0 aliphatic carbocycles. The number of ether oxygens (including phenoxy) is 1. The van der Waals surface area contributed by atoms with Crippen LogP contribution in [-0.2, 0) is 0 Å². The summed E-state index contributed by atoms with van der Waals surface area (Å²) in [6.45, 7) is 8.89. The van der Waals surface area contributed by atoms with Gasteiger partial charge in [-0.25, -0.2) is 9.97 Å². The van der Waals surface area contributed by atoms with Crippen molar-refractivity contribution >= 4 is 16.9 Å². The summed E-state index contributed by atoms with van der Waals surface area (Å²) >= 11 is 0. The summed E-state index contributed by atoms with van der Waals surface area (Å²) in [6, 6.07) is 11.6. The molecule has 140 valence electrons. The van der Waals surface area contributed by atoms with E-state index in [-0.39, 0.29) is 5.91 Å². The normalized spacial score (nSPS) is 10.9. The number of benzene rings is 2. The average Bonchev–Trinajstić information content (AvgIpc) is 2.61. The standard InChI is InChI=1S/C22H25N3O2/c1-14-10-15(2)12-19(11-14)27-9-8-25(5)22(26)18-6-7-20-21(13-18)24-17(4)16(3)23-20/h6-7,10-13H,8-9H2,1-5H3. The van der Waals surface area contributed by atoms with Gasteiger partial charge in [0.15, 0.2) is 0 Å². The summed E-state index contributed by atoms with van der Waals surface area (Å²) < 4.78 is 5.81. The van der Waals surface area contributed by atoms with E-state index in [0.717, 1.165) is 39.3 Å². The van der Waals surface area contributed by atoms with Gasteiger partial charge in [-0.05, 0) is 69.2 Å². The van der Waals surface area contributed by atoms with Crippen LogP contribution in [0.2, 0.25) is 0 Å². The van der Waals surface area contributed by atoms with Crippen molar-refractivity contribution in [3.63, 3.8) is 0 Å². The molecule has 0 fully saturated rings. The van der Waals surface area contributed by atoms with Crippen molar-refractivity contribution < 1.29 is 9.53 Å². The van der Waals surface area contributed by atoms with Crippen LogP contribution in [0.4, 0.5) is 0 Å². The molecule has 0 unspecified atom stereocenters. The first kappa shape index (κ1) is 18.8. The second-order valence-electron chi connectivity index (χ2n) is 7.00. The SMILES string of the molecule is Cc1cc(C)cc(OCCN(C)C(=O)c2ccc3nc(C)c(C)nc3c2)c1. The molecule has 0 spiro atoms. The van der Waals surface area contributed by atoms with Crippen LogP contribution in [0, 0.1) is 27.7 Å². The Morgan fingerprint density at radius 3 is 2.22 bits per heavy atom. The smallest absolute Gasteiger partial charge is 0.253 e. The van der Waals surface area contributed by atoms with E-state index in [4.69, 9.17) is 4.74 Å². The minimum Gasteiger partial charge on any atom is -0.492 e. The monoisotopic (exact) mass is 363 g/mol. The van der Waals surface area contributed by atoms with Gasteiger partial charge in [0, 0.05) is 12.6 Å². The van der Waals surface area contributed by atoms with Crippen molar-refractivity contribution in [2.45, 2.75) is 27.7 Å². The fraction of sp³-hybridized carbons (Fsp3) is 0.318. The number of amides is 1. The maximum absolute atomic E-state index is 12.7. The lowest BCUT2D eigenvalue weighted by atomic mass is 10.1. The first-order valence-electron chi connectivity index (χ1n) is 9.05. The van der Waals surface area contributed by atoms with Crippen LogP contribution in [0.3, 0.4) is 0 Å². The van der Waals surface area contributed by atoms with Crippen molar-refractivity contribution in [3.8, 4) is 5.75 Å². The van der Waals surface area contributed by atoms with Gasteiger partial charge in [0.05, 0.1) is 29.0 Å². The maximum Gasteiger partial charge on any atom is 0.253 e. The number of hydrogen-bond donors (Lipinski definition) is 0. The predicted octanol–water partition coefficient (Wildman–Crippen LogP) is 4.01. The third kappa shape index (κ3) is 4.42. The van der Waals surface area contributed by atoms with Crippen LogP contribution >= 0.6 is 0 Å². The molecule has 5 heteroatoms. The molecule has 0 aliphatic heterocycles. The van der Waals surface area contributed by atoms with Gasteiger partial charge in [-0.2, -0.15) is 0 Å². The summed E-state index contributed by atoms with van der Waals surface area (Å²) in [6.07, 6.45) is 0. The number of nitrogens with zero attached hydrogens (tertiary/aromatic N) is 3. The number of hydrogen-bond acceptors (Lipinski definition) is 4. The number of likely N-dealkylation sites (N-methyl/N-ethyl adjacent to an activating group) is 1. The van der Waals surface area contributed by atoms with E-state index in [9.17, 15) is 4.79 Å². The quantitative estimate of drug-likeness (QED) is 0.687. The van der Waals surface area contributed by atoms with Crippen molar-refractivity contribution in [2.75, 3.05) is 20.2 Å². The van der Waals surface area contributed by atoms with E-state index in [1.54, 1.807) is 24.1 Å². The van der Waals surface area contributed by atoms with Crippen LogP contribution in [-0.4, -0.2) is 41.0 Å². The van der Waals surface area contributed by atoms with E-state index in [1.807, 2.05) is 45.9 Å². The third-order valence-corrected chi connectivity index (χ3v) is 4.56. The summed E-state index contributed by atoms with van der Waals surface area (Å²) in [5.74, 6) is 0.779. The highest BCUT2D eigenvalue weighted by molar-refractivity contribution is 5.97. The number of carbonyl (C=O) groups excluding carboxylic acids is 1. The van der Waals surface area contributed by atoms with Gasteiger partial charge in [-0.3, -0.25) is 4.79 Å². The number of aryl methyl sites for hydroxylation is 4. The first-order chi connectivity index (χ1) is 12.8. The lowest BCUT2D eigenvalue weighted by Gasteiger charge is -2.18. The van der Waals surface area contributed by atoms with Crippen LogP contribution in [0.5, 0.6) is 5.75 Å². The second kappa shape index (κ2) is 7.74. The molecule has 27 heavy (non-hydrogen) atoms. The summed E-state index contributed by atoms with van der Waals surface area (Å²) in [5.41, 5.74) is 6.26. The molecule has 0 saturated carbocycles. The van der Waals surface area contributed by atoms with E-state index >= 15 is 0 Å². The Bertz CT molecular complexity index is 978. The Morgan fingerprint density at radius 2 is 1.56 bits per heavy atom. The van der Waals surface area contributed by atoms with E-state index in [2.05, 4.69) is 16.0 Å². The topological polar surface area (TPSA) is 55.3 Å². The summed E-state index contributed by atoms with van der Waals surface area (Å²) in [5, 5.41) is 0. The van der Waals surface area contributed by atoms with Crippen molar-refractivity contribution in [1.82, 2.24) is 14.9 Å². The van der Waals surface area contributed by atoms with Gasteiger partial charge in [0.1, 0.15) is 12.4 Å². The molecule has 1 amide bonds. The Hall–Kier alpha value is -2.95. The van der Waals surface area contributed by atoms with Crippen molar-refractivity contribution in [2.24, 2.45) is 0 Å². The molecular formula is C22H25N3O2. The zero-order chi connectivity index (χ0) is 19.6. The Labute approximate surface area is 160 Å². The number of rotatable bonds is 5. The minimum atomic E-state index is -0.0547. The number of fused-ring (bicyclic) bond motifs is 1. The largest absolute Gasteiger partial charge is 0.492 e. The van der Waals surface area contributed by atoms with Gasteiger partial charge < -0.3 is 9.64 Å². The van der Waals surface area contributed by atoms with Gasteiger partial charge >= 0.3 is 0 Å². The second-order valence-corrected chi connectivity index (χ2v) is 7.00. The van der Waals surface area contributed by atoms with Gasteiger partial charge in [-0.1, -0.05) is 6.07 Å². The van der Waals surface area contributed by atoms with E-state index in [1.165, 1.54) is 0 Å². The Kier molecular flexibility index (Phi) is 5.40. The van der Waals surface area contributed by atoms with Gasteiger partial charge in [-0.15, -0.1) is 0 Å². The lowest BCUT2D eigenvalue weighted by Crippen LogP contribution is -2.30. The lowest BCUT2D eigenvalue weighted by molar-refractivity contribution is 0.0774. The van der Waals surface area contributed by atoms with Gasteiger partial charge in [0.25, 0.3) is 5.91 Å². The Morgan fingerprint density at radius 1 is 0.926 bits per heavy atom. The Balaban J connectivity index is 1.66. The van der Waals surface area contributed by atoms with Crippen LogP contribution in [0.15, 0.2) is 36.4 Å². The molecule has 3 aromatic rings. The highest BCUT2D eigenvalue weighted by atomic mass is 16.5. The molecule has 0 radical (unpaired) electrons. The highest BCUT2D eigenvalue weighted by Gasteiger charge is 2.13. The zero-order valence-electron chi connectivity index (χ0n) is 16.5. The van der Waals surface area contributed by atoms with Crippen LogP contribution < -0.4 is 4.74 Å². The molecule has 2 aromatic carbocycles. The number of aromatic nitrogens is 2. The highest BCUT2D eigenvalue weighted by Crippen LogP contribution is 2.17. The molecule has 1 heterocycles. The zero-order valence-corrected chi connectivity index (χ0v) is 16.5. The third-order valence-electron chi connectivity index (χ3n) is 4.56. The van der Waals surface area contributed by atoms with Crippen LogP contribution in [0.1, 0.15) is 32.9 Å². The fourth-order valence-corrected chi connectivity index (χ4v) is 3.00. The molecule has 0 bridgehead atoms. The fourth-order valence-electron chi connectivity index (χ4n) is 3.00. The molecule has 0 atom stereocenters. The predicted molar refractivity (Wildman–Crippen MR) is 107 cm³/mol. The van der Waals surface area contributed by atoms with Crippen molar-refractivity contribution in [3.05, 3.63) is 64.5 Å². The van der Waals surface area contributed by atoms with E-state index < -0.39 is 0 Å². The van der Waals surface area contributed by atoms with Crippen LogP contribution in [0.25, 0.3) is 11.0 Å². The molecule has 3 rings (SSSR count). The summed E-state index contributed by atoms with van der Waals surface area (Å²) in [4.78, 5) is 23.4. The van der Waals surface area contributed by atoms with Crippen molar-refractivity contribution in [1.29, 1.82) is 0 Å². The molecule has 1 aromatic heterocycles. The van der Waals surface area contributed by atoms with Gasteiger partial charge in [0.2, 0.25) is 0 Å². The molecule has 0 saturated heterocycles. The minimum absolute atomic E-state index is 0.0547. The van der Waals surface area contributed by atoms with E-state index in [0.29, 0.717) is 18.7 Å². The molecule has 5 nitrogen and oxygen atoms in total. The average molecular weight is 363 g/mol. The molecule has 0 N–H and O–H groups in total. The molecular weight excluding hydrogens is 338 g/mol. The molecule has 0 aliphatic rings. The summed E-state index contributed by atoms with van der Waals surface area (Å²) in [7, 11) is 1.78. The number of carbonyl (C=O) groups is 1.